The predicted molar refractivity (Wildman–Crippen MR) is 140 cm³/mol. The van der Waals surface area contributed by atoms with Crippen LogP contribution < -0.4 is 9.64 Å². The quantitative estimate of drug-likeness (QED) is 0.487. The van der Waals surface area contributed by atoms with E-state index in [4.69, 9.17) is 9.72 Å². The van der Waals surface area contributed by atoms with Crippen LogP contribution in [0.15, 0.2) is 60.8 Å². The summed E-state index contributed by atoms with van der Waals surface area (Å²) in [6.45, 7) is 7.17. The van der Waals surface area contributed by atoms with E-state index in [1.807, 2.05) is 12.3 Å². The molecular weight excluding hydrogens is 432 g/mol. The Morgan fingerprint density at radius 3 is 2.11 bits per heavy atom. The minimum atomic E-state index is 0.162. The molecule has 182 valence electrons. The van der Waals surface area contributed by atoms with Crippen LogP contribution in [0.4, 0.5) is 5.95 Å². The number of anilines is 1. The third kappa shape index (κ3) is 4.31. The fraction of sp³-hybridized carbons (Fsp3) is 0.467. The first-order valence-electron chi connectivity index (χ1n) is 13.1. The van der Waals surface area contributed by atoms with Crippen molar-refractivity contribution in [2.24, 2.45) is 5.41 Å². The molecule has 0 radical (unpaired) electrons. The number of likely N-dealkylation sites (tertiary alicyclic amines) is 1. The molecule has 5 heteroatoms. The normalized spacial score (nSPS) is 20.8. The number of hydrogen-bond donors (Lipinski definition) is 0. The van der Waals surface area contributed by atoms with Crippen molar-refractivity contribution in [1.82, 2.24) is 14.9 Å². The number of ether oxygens (including phenoxy) is 1. The number of hydrogen-bond acceptors (Lipinski definition) is 5. The molecule has 2 aromatic carbocycles. The van der Waals surface area contributed by atoms with Gasteiger partial charge < -0.3 is 14.5 Å². The second-order valence-electron chi connectivity index (χ2n) is 11.1. The molecule has 2 saturated heterocycles. The molecule has 1 saturated carbocycles. The van der Waals surface area contributed by atoms with Crippen LogP contribution in [0.1, 0.15) is 54.5 Å². The van der Waals surface area contributed by atoms with E-state index in [2.05, 4.69) is 77.3 Å². The maximum Gasteiger partial charge on any atom is 0.225 e. The molecule has 5 nitrogen and oxygen atoms in total. The highest BCUT2D eigenvalue weighted by Gasteiger charge is 2.43. The van der Waals surface area contributed by atoms with E-state index in [0.717, 1.165) is 30.5 Å². The molecule has 1 aromatic heterocycles. The number of benzene rings is 2. The second-order valence-corrected chi connectivity index (χ2v) is 11.1. The van der Waals surface area contributed by atoms with Gasteiger partial charge in [-0.05, 0) is 74.4 Å². The first-order chi connectivity index (χ1) is 17.0. The Hall–Kier alpha value is -2.92. The van der Waals surface area contributed by atoms with Crippen molar-refractivity contribution in [1.29, 1.82) is 0 Å². The van der Waals surface area contributed by atoms with Gasteiger partial charge in [-0.25, -0.2) is 9.97 Å². The van der Waals surface area contributed by atoms with Gasteiger partial charge in [0.2, 0.25) is 5.95 Å². The smallest absolute Gasteiger partial charge is 0.225 e. The van der Waals surface area contributed by atoms with Gasteiger partial charge in [0.15, 0.2) is 0 Å². The van der Waals surface area contributed by atoms with Crippen LogP contribution in [-0.4, -0.2) is 48.1 Å². The van der Waals surface area contributed by atoms with Gasteiger partial charge in [0.1, 0.15) is 12.4 Å². The Labute approximate surface area is 209 Å². The molecule has 0 N–H and O–H groups in total. The number of aromatic nitrogens is 2. The second kappa shape index (κ2) is 8.94. The van der Waals surface area contributed by atoms with Crippen molar-refractivity contribution in [3.63, 3.8) is 0 Å². The van der Waals surface area contributed by atoms with E-state index in [9.17, 15) is 0 Å². The van der Waals surface area contributed by atoms with Crippen LogP contribution in [0.5, 0.6) is 5.75 Å². The molecule has 3 aliphatic rings. The van der Waals surface area contributed by atoms with Gasteiger partial charge in [0, 0.05) is 37.8 Å². The molecule has 0 atom stereocenters. The molecule has 3 aromatic rings. The van der Waals surface area contributed by atoms with Crippen LogP contribution in [0.2, 0.25) is 0 Å². The van der Waals surface area contributed by atoms with E-state index in [1.165, 1.54) is 61.9 Å². The fourth-order valence-electron chi connectivity index (χ4n) is 6.39. The lowest BCUT2D eigenvalue weighted by Gasteiger charge is -2.52. The van der Waals surface area contributed by atoms with Crippen molar-refractivity contribution in [2.45, 2.75) is 51.0 Å². The molecule has 6 rings (SSSR count). The third-order valence-electron chi connectivity index (χ3n) is 8.62. The first-order valence-corrected chi connectivity index (χ1v) is 13.1. The van der Waals surface area contributed by atoms with Crippen LogP contribution in [0, 0.1) is 12.3 Å². The third-order valence-corrected chi connectivity index (χ3v) is 8.62. The SMILES string of the molecule is Cc1ccc(C2(c3ccc(OCc4ccnc(N5CCC6(CC5)CN(C)C6)n4)cc3)CCC2)cc1. The van der Waals surface area contributed by atoms with Crippen molar-refractivity contribution in [3.8, 4) is 5.75 Å². The Morgan fingerprint density at radius 1 is 0.857 bits per heavy atom. The number of rotatable bonds is 6. The molecule has 0 amide bonds. The van der Waals surface area contributed by atoms with E-state index in [1.54, 1.807) is 0 Å². The highest BCUT2D eigenvalue weighted by Crippen LogP contribution is 2.49. The summed E-state index contributed by atoms with van der Waals surface area (Å²) in [5.41, 5.74) is 5.77. The predicted octanol–water partition coefficient (Wildman–Crippen LogP) is 5.37. The standard InChI is InChI=1S/C30H36N4O/c1-23-4-6-24(7-5-23)30(13-3-14-30)25-8-10-27(11-9-25)35-20-26-12-17-31-28(32-26)34-18-15-29(16-19-34)21-33(2)22-29/h4-12,17H,3,13-16,18-22H2,1-2H3. The molecule has 1 aliphatic carbocycles. The highest BCUT2D eigenvalue weighted by atomic mass is 16.5. The molecule has 1 spiro atoms. The molecule has 3 heterocycles. The zero-order valence-corrected chi connectivity index (χ0v) is 21.0. The average molecular weight is 469 g/mol. The van der Waals surface area contributed by atoms with Crippen molar-refractivity contribution in [3.05, 3.63) is 83.2 Å². The summed E-state index contributed by atoms with van der Waals surface area (Å²) in [7, 11) is 2.22. The van der Waals surface area contributed by atoms with Gasteiger partial charge in [-0.15, -0.1) is 0 Å². The summed E-state index contributed by atoms with van der Waals surface area (Å²) in [6, 6.07) is 19.8. The van der Waals surface area contributed by atoms with Crippen LogP contribution >= 0.6 is 0 Å². The Bertz CT molecular complexity index is 1150. The van der Waals surface area contributed by atoms with Crippen LogP contribution in [0.25, 0.3) is 0 Å². The van der Waals surface area contributed by atoms with E-state index in [0.29, 0.717) is 12.0 Å². The van der Waals surface area contributed by atoms with Crippen molar-refractivity contribution in [2.75, 3.05) is 38.1 Å². The van der Waals surface area contributed by atoms with Gasteiger partial charge in [0.25, 0.3) is 0 Å². The summed E-state index contributed by atoms with van der Waals surface area (Å²) in [4.78, 5) is 14.1. The highest BCUT2D eigenvalue weighted by molar-refractivity contribution is 5.44. The average Bonchev–Trinajstić information content (AvgIpc) is 2.84. The minimum Gasteiger partial charge on any atom is -0.487 e. The van der Waals surface area contributed by atoms with Crippen molar-refractivity contribution < 1.29 is 4.74 Å². The Balaban J connectivity index is 1.08. The molecule has 3 fully saturated rings. The van der Waals surface area contributed by atoms with Gasteiger partial charge in [-0.1, -0.05) is 48.4 Å². The van der Waals surface area contributed by atoms with E-state index in [-0.39, 0.29) is 5.41 Å². The number of piperidine rings is 1. The lowest BCUT2D eigenvalue weighted by molar-refractivity contribution is 0.00110. The fourth-order valence-corrected chi connectivity index (χ4v) is 6.39. The van der Waals surface area contributed by atoms with Crippen molar-refractivity contribution >= 4 is 5.95 Å². The summed E-state index contributed by atoms with van der Waals surface area (Å²) in [6.07, 6.45) is 8.06. The minimum absolute atomic E-state index is 0.162. The lowest BCUT2D eigenvalue weighted by atomic mass is 9.60. The van der Waals surface area contributed by atoms with Gasteiger partial charge in [0.05, 0.1) is 5.69 Å². The number of nitrogens with zero attached hydrogens (tertiary/aromatic N) is 4. The maximum atomic E-state index is 6.13. The monoisotopic (exact) mass is 468 g/mol. The molecule has 0 bridgehead atoms. The summed E-state index contributed by atoms with van der Waals surface area (Å²) in [5.74, 6) is 1.73. The molecule has 2 aliphatic heterocycles. The Kier molecular flexibility index (Phi) is 5.76. The molecular formula is C30H36N4O. The topological polar surface area (TPSA) is 41.5 Å². The summed E-state index contributed by atoms with van der Waals surface area (Å²) >= 11 is 0. The van der Waals surface area contributed by atoms with E-state index >= 15 is 0 Å². The van der Waals surface area contributed by atoms with Gasteiger partial charge >= 0.3 is 0 Å². The zero-order valence-electron chi connectivity index (χ0n) is 21.0. The molecule has 35 heavy (non-hydrogen) atoms. The number of aryl methyl sites for hydroxylation is 1. The van der Waals surface area contributed by atoms with Crippen LogP contribution in [-0.2, 0) is 12.0 Å². The largest absolute Gasteiger partial charge is 0.487 e. The van der Waals surface area contributed by atoms with Gasteiger partial charge in [-0.2, -0.15) is 0 Å². The lowest BCUT2D eigenvalue weighted by Crippen LogP contribution is -2.58. The summed E-state index contributed by atoms with van der Waals surface area (Å²) < 4.78 is 6.13. The maximum absolute atomic E-state index is 6.13. The van der Waals surface area contributed by atoms with Gasteiger partial charge in [-0.3, -0.25) is 0 Å². The molecule has 0 unspecified atom stereocenters. The first kappa shape index (κ1) is 22.5. The zero-order chi connectivity index (χ0) is 23.9. The Morgan fingerprint density at radius 2 is 1.51 bits per heavy atom. The van der Waals surface area contributed by atoms with Crippen LogP contribution in [0.3, 0.4) is 0 Å². The summed E-state index contributed by atoms with van der Waals surface area (Å²) in [5, 5.41) is 0. The van der Waals surface area contributed by atoms with E-state index < -0.39 is 0 Å².